The van der Waals surface area contributed by atoms with Crippen LogP contribution in [-0.2, 0) is 4.74 Å². The largest absolute Gasteiger partial charge is 0.434 e. The minimum Gasteiger partial charge on any atom is -0.434 e. The molecule has 0 aromatic heterocycles. The molecule has 1 fully saturated rings. The smallest absolute Gasteiger partial charge is 0.427 e. The van der Waals surface area contributed by atoms with Gasteiger partial charge in [-0.1, -0.05) is 0 Å². The van der Waals surface area contributed by atoms with E-state index in [9.17, 15) is 31.1 Å². The summed E-state index contributed by atoms with van der Waals surface area (Å²) in [6.07, 6.45) is -14.8. The van der Waals surface area contributed by atoms with Gasteiger partial charge >= 0.3 is 18.4 Å². The Labute approximate surface area is 174 Å². The van der Waals surface area contributed by atoms with E-state index in [2.05, 4.69) is 12.6 Å². The highest BCUT2D eigenvalue weighted by Gasteiger charge is 2.71. The van der Waals surface area contributed by atoms with E-state index in [1.165, 1.54) is 20.8 Å². The molecule has 0 N–H and O–H groups in total. The molecule has 1 aliphatic heterocycles. The van der Waals surface area contributed by atoms with E-state index in [1.807, 2.05) is 0 Å². The topological polar surface area (TPSA) is 32.8 Å². The van der Waals surface area contributed by atoms with Crippen LogP contribution in [-0.4, -0.2) is 117 Å². The Kier molecular flexibility index (Phi) is 6.49. The maximum atomic E-state index is 12.9. The van der Waals surface area contributed by atoms with Crippen LogP contribution in [0.1, 0.15) is 20.8 Å². The molecule has 0 aliphatic carbocycles. The quantitative estimate of drug-likeness (QED) is 0.436. The van der Waals surface area contributed by atoms with Gasteiger partial charge in [0.05, 0.1) is 47.1 Å². The van der Waals surface area contributed by atoms with Gasteiger partial charge in [0.25, 0.3) is 5.50 Å². The molecule has 0 spiro atoms. The van der Waals surface area contributed by atoms with Gasteiger partial charge in [0.15, 0.2) is 7.85 Å². The third kappa shape index (κ3) is 4.21. The highest BCUT2D eigenvalue weighted by atomic mass is 19.4. The molecular weight excluding hydrogens is 394 g/mol. The third-order valence-corrected chi connectivity index (χ3v) is 4.29. The lowest BCUT2D eigenvalue weighted by Gasteiger charge is -2.69. The molecule has 29 heavy (non-hydrogen) atoms. The minimum atomic E-state index is -6.24. The van der Waals surface area contributed by atoms with Crippen molar-refractivity contribution in [3.05, 3.63) is 0 Å². The molecule has 1 heterocycles. The number of piperazine rings is 1. The SMILES string of the molecule is [B]C1N(C(=O)OC([B])(C(F)(F)F)C(F)(F)F)C([B])C([B])([B])N(C(C)(C)C)C1([B])[B]. The second-order valence-corrected chi connectivity index (χ2v) is 7.68. The first kappa shape index (κ1) is 26.3. The molecule has 0 bridgehead atoms. The van der Waals surface area contributed by atoms with Crippen molar-refractivity contribution < 1.29 is 35.9 Å². The third-order valence-electron chi connectivity index (χ3n) is 4.29. The summed E-state index contributed by atoms with van der Waals surface area (Å²) in [5.74, 6) is -4.01. The van der Waals surface area contributed by atoms with Gasteiger partial charge in [-0.05, 0) is 43.3 Å². The lowest BCUT2D eigenvalue weighted by atomic mass is 9.40. The predicted molar refractivity (Wildman–Crippen MR) is 98.1 cm³/mol. The van der Waals surface area contributed by atoms with E-state index >= 15 is 0 Å². The van der Waals surface area contributed by atoms with Crippen LogP contribution in [0, 0.1) is 0 Å². The lowest BCUT2D eigenvalue weighted by molar-refractivity contribution is -0.331. The number of halogens is 6. The zero-order valence-electron chi connectivity index (χ0n) is 15.7. The van der Waals surface area contributed by atoms with Gasteiger partial charge in [0.2, 0.25) is 0 Å². The summed E-state index contributed by atoms with van der Waals surface area (Å²) in [7, 11) is 39.4. The van der Waals surface area contributed by atoms with Crippen LogP contribution in [0.4, 0.5) is 31.1 Å². The Bertz CT molecular complexity index is 616. The van der Waals surface area contributed by atoms with Gasteiger partial charge in [-0.15, -0.1) is 0 Å². The van der Waals surface area contributed by atoms with E-state index in [-0.39, 0.29) is 4.90 Å². The Morgan fingerprint density at radius 2 is 1.17 bits per heavy atom. The highest BCUT2D eigenvalue weighted by Crippen LogP contribution is 2.45. The molecule has 4 nitrogen and oxygen atoms in total. The number of carbonyl (C=O) groups excluding carboxylic acids is 1. The van der Waals surface area contributed by atoms with Crippen molar-refractivity contribution in [1.29, 1.82) is 0 Å². The number of amides is 1. The first-order valence-electron chi connectivity index (χ1n) is 7.84. The van der Waals surface area contributed by atoms with E-state index in [0.717, 1.165) is 4.90 Å². The van der Waals surface area contributed by atoms with Crippen molar-refractivity contribution >= 4 is 61.0 Å². The highest BCUT2D eigenvalue weighted by molar-refractivity contribution is 6.49. The average molecular weight is 405 g/mol. The van der Waals surface area contributed by atoms with Crippen LogP contribution in [0.5, 0.6) is 0 Å². The molecule has 14 radical (unpaired) electrons. The van der Waals surface area contributed by atoms with Crippen LogP contribution in [0.3, 0.4) is 0 Å². The Hall–Kier alpha value is -0.735. The van der Waals surface area contributed by atoms with Crippen LogP contribution < -0.4 is 0 Å². The fourth-order valence-corrected chi connectivity index (χ4v) is 3.07. The molecule has 17 heteroatoms. The molecular formula is C12H11B7F6N2O2. The first-order valence-corrected chi connectivity index (χ1v) is 7.84. The molecule has 144 valence electrons. The minimum absolute atomic E-state index is 0.0265. The van der Waals surface area contributed by atoms with E-state index in [4.69, 9.17) is 47.1 Å². The fraction of sp³-hybridized carbons (Fsp3) is 0.917. The first-order chi connectivity index (χ1) is 12.4. The number of carbonyl (C=O) groups is 1. The average Bonchev–Trinajstić information content (AvgIpc) is 2.40. The molecule has 1 saturated heterocycles. The van der Waals surface area contributed by atoms with Crippen LogP contribution >= 0.6 is 0 Å². The summed E-state index contributed by atoms with van der Waals surface area (Å²) in [4.78, 5) is 13.2. The van der Waals surface area contributed by atoms with Crippen molar-refractivity contribution in [2.24, 2.45) is 0 Å². The summed E-state index contributed by atoms with van der Waals surface area (Å²) in [6.45, 7) is 4.55. The van der Waals surface area contributed by atoms with Gasteiger partial charge in [0.1, 0.15) is 0 Å². The van der Waals surface area contributed by atoms with Crippen LogP contribution in [0.25, 0.3) is 0 Å². The summed E-state index contributed by atoms with van der Waals surface area (Å²) in [6, 6.07) is 0. The number of hydrogen-bond acceptors (Lipinski definition) is 3. The van der Waals surface area contributed by atoms with Crippen molar-refractivity contribution in [3.8, 4) is 0 Å². The Morgan fingerprint density at radius 1 is 0.862 bits per heavy atom. The van der Waals surface area contributed by atoms with Gasteiger partial charge in [-0.3, -0.25) is 0 Å². The van der Waals surface area contributed by atoms with Crippen molar-refractivity contribution in [2.45, 2.75) is 66.7 Å². The summed E-state index contributed by atoms with van der Waals surface area (Å²) in [5.41, 5.74) is -6.44. The fourth-order valence-electron chi connectivity index (χ4n) is 3.07. The van der Waals surface area contributed by atoms with Crippen LogP contribution in [0.2, 0.25) is 0 Å². The maximum absolute atomic E-state index is 12.9. The molecule has 2 atom stereocenters. The Morgan fingerprint density at radius 3 is 1.41 bits per heavy atom. The normalized spacial score (nSPS) is 26.2. The van der Waals surface area contributed by atoms with Gasteiger partial charge in [0, 0.05) is 5.54 Å². The summed E-state index contributed by atoms with van der Waals surface area (Å²) >= 11 is 0. The molecule has 0 aromatic carbocycles. The summed E-state index contributed by atoms with van der Waals surface area (Å²) in [5, 5.41) is -4.71. The zero-order valence-corrected chi connectivity index (χ0v) is 15.7. The number of alkyl halides is 6. The van der Waals surface area contributed by atoms with E-state index in [1.54, 1.807) is 0 Å². The second-order valence-electron chi connectivity index (χ2n) is 7.68. The lowest BCUT2D eigenvalue weighted by Crippen LogP contribution is -2.85. The molecule has 1 rings (SSSR count). The Balaban J connectivity index is 3.47. The van der Waals surface area contributed by atoms with Crippen molar-refractivity contribution in [3.63, 3.8) is 0 Å². The molecule has 0 aromatic rings. The van der Waals surface area contributed by atoms with Gasteiger partial charge in [-0.2, -0.15) is 26.3 Å². The van der Waals surface area contributed by atoms with Crippen LogP contribution in [0.15, 0.2) is 0 Å². The molecule has 0 saturated carbocycles. The number of hydrogen-bond donors (Lipinski definition) is 0. The monoisotopic (exact) mass is 406 g/mol. The van der Waals surface area contributed by atoms with E-state index < -0.39 is 52.0 Å². The van der Waals surface area contributed by atoms with Crippen molar-refractivity contribution in [2.75, 3.05) is 0 Å². The number of nitrogens with zero attached hydrogens (tertiary/aromatic N) is 2. The zero-order chi connectivity index (χ0) is 23.6. The maximum Gasteiger partial charge on any atom is 0.427 e. The molecule has 2 unspecified atom stereocenters. The number of rotatable bonds is 1. The van der Waals surface area contributed by atoms with Gasteiger partial charge in [-0.25, -0.2) is 4.79 Å². The van der Waals surface area contributed by atoms with Crippen molar-refractivity contribution in [1.82, 2.24) is 9.80 Å². The second kappa shape index (κ2) is 7.16. The van der Waals surface area contributed by atoms with E-state index in [0.29, 0.717) is 0 Å². The molecule has 1 amide bonds. The standard InChI is InChI=1S/C12H11B7F6N2O2/c1-7(2,3)27-8(15,16)4(13)26(5(14)9(27,17)18)6(28)29-10(19,11(20,21)22)12(23,24)25/h4-5H,1-3H3. The number of ether oxygens (including phenoxy) is 1. The predicted octanol–water partition coefficient (Wildman–Crippen LogP) is -0.501. The molecule has 1 aliphatic rings. The summed E-state index contributed by atoms with van der Waals surface area (Å²) < 4.78 is 81.2. The van der Waals surface area contributed by atoms with Gasteiger partial charge < -0.3 is 14.5 Å².